The van der Waals surface area contributed by atoms with Crippen molar-refractivity contribution in [3.05, 3.63) is 71.8 Å². The van der Waals surface area contributed by atoms with Gasteiger partial charge in [-0.05, 0) is 17.5 Å². The van der Waals surface area contributed by atoms with E-state index in [1.807, 2.05) is 60.7 Å². The van der Waals surface area contributed by atoms with Gasteiger partial charge in [0.15, 0.2) is 0 Å². The second-order valence-electron chi connectivity index (χ2n) is 4.70. The van der Waals surface area contributed by atoms with Crippen molar-refractivity contribution in [1.82, 2.24) is 0 Å². The van der Waals surface area contributed by atoms with E-state index in [0.717, 1.165) is 30.4 Å². The Morgan fingerprint density at radius 2 is 1.28 bits per heavy atom. The second kappa shape index (κ2) is 5.83. The maximum absolute atomic E-state index is 11.1. The normalized spacial score (nSPS) is 11.4. The van der Waals surface area contributed by atoms with Gasteiger partial charge in [-0.2, -0.15) is 0 Å². The molecule has 0 saturated carbocycles. The molecule has 2 aromatic rings. The third kappa shape index (κ3) is 2.62. The third-order valence-corrected chi connectivity index (χ3v) is 3.39. The largest absolute Gasteiger partial charge is 0.380 e. The third-order valence-electron chi connectivity index (χ3n) is 3.39. The van der Waals surface area contributed by atoms with Crippen molar-refractivity contribution in [2.45, 2.75) is 31.8 Å². The van der Waals surface area contributed by atoms with Crippen molar-refractivity contribution in [2.24, 2.45) is 0 Å². The lowest BCUT2D eigenvalue weighted by atomic mass is 9.82. The lowest BCUT2D eigenvalue weighted by molar-refractivity contribution is 0.0685. The van der Waals surface area contributed by atoms with E-state index in [2.05, 4.69) is 6.92 Å². The molecule has 0 heterocycles. The summed E-state index contributed by atoms with van der Waals surface area (Å²) in [6, 6.07) is 19.9. The number of aliphatic hydroxyl groups is 1. The summed E-state index contributed by atoms with van der Waals surface area (Å²) in [6.07, 6.45) is 2.86. The van der Waals surface area contributed by atoms with Gasteiger partial charge in [-0.1, -0.05) is 80.4 Å². The monoisotopic (exact) mass is 240 g/mol. The van der Waals surface area contributed by atoms with Gasteiger partial charge >= 0.3 is 0 Å². The van der Waals surface area contributed by atoms with Crippen LogP contribution in [-0.4, -0.2) is 5.11 Å². The van der Waals surface area contributed by atoms with Gasteiger partial charge in [0, 0.05) is 0 Å². The first-order chi connectivity index (χ1) is 8.77. The topological polar surface area (TPSA) is 20.2 Å². The Labute approximate surface area is 109 Å². The van der Waals surface area contributed by atoms with Crippen LogP contribution in [0.5, 0.6) is 0 Å². The average Bonchev–Trinajstić information content (AvgIpc) is 2.46. The molecule has 0 spiro atoms. The smallest absolute Gasteiger partial charge is 0.115 e. The maximum Gasteiger partial charge on any atom is 0.115 e. The molecule has 0 aliphatic rings. The highest BCUT2D eigenvalue weighted by Crippen LogP contribution is 2.34. The summed E-state index contributed by atoms with van der Waals surface area (Å²) in [5.41, 5.74) is 1.09. The molecule has 0 amide bonds. The first kappa shape index (κ1) is 12.8. The Kier molecular flexibility index (Phi) is 4.16. The van der Waals surface area contributed by atoms with E-state index in [-0.39, 0.29) is 0 Å². The highest BCUT2D eigenvalue weighted by molar-refractivity contribution is 5.35. The second-order valence-corrected chi connectivity index (χ2v) is 4.70. The first-order valence-corrected chi connectivity index (χ1v) is 6.61. The molecule has 2 aromatic carbocycles. The molecule has 0 unspecified atom stereocenters. The predicted molar refractivity (Wildman–Crippen MR) is 75.4 cm³/mol. The van der Waals surface area contributed by atoms with Crippen LogP contribution in [0.25, 0.3) is 0 Å². The minimum absolute atomic E-state index is 0.761. The van der Waals surface area contributed by atoms with Gasteiger partial charge in [0.1, 0.15) is 5.60 Å². The Balaban J connectivity index is 2.41. The summed E-state index contributed by atoms with van der Waals surface area (Å²) < 4.78 is 0. The zero-order valence-electron chi connectivity index (χ0n) is 10.8. The number of unbranched alkanes of at least 4 members (excludes halogenated alkanes) is 1. The molecule has 0 radical (unpaired) electrons. The molecule has 18 heavy (non-hydrogen) atoms. The molecular weight excluding hydrogens is 220 g/mol. The van der Waals surface area contributed by atoms with E-state index in [0.29, 0.717) is 0 Å². The lowest BCUT2D eigenvalue weighted by Crippen LogP contribution is -2.27. The summed E-state index contributed by atoms with van der Waals surface area (Å²) in [5, 5.41) is 11.1. The SMILES string of the molecule is CCCCC(O)(c1ccccc1)c1ccccc1. The molecule has 0 aromatic heterocycles. The van der Waals surface area contributed by atoms with Crippen LogP contribution >= 0.6 is 0 Å². The number of hydrogen-bond acceptors (Lipinski definition) is 1. The molecule has 0 fully saturated rings. The zero-order valence-corrected chi connectivity index (χ0v) is 10.8. The summed E-state index contributed by atoms with van der Waals surface area (Å²) in [5.74, 6) is 0. The molecule has 2 rings (SSSR count). The van der Waals surface area contributed by atoms with Crippen LogP contribution in [-0.2, 0) is 5.60 Å². The number of hydrogen-bond donors (Lipinski definition) is 1. The van der Waals surface area contributed by atoms with Crippen molar-refractivity contribution in [3.8, 4) is 0 Å². The molecule has 1 N–H and O–H groups in total. The molecule has 1 nitrogen and oxygen atoms in total. The van der Waals surface area contributed by atoms with Crippen molar-refractivity contribution in [3.63, 3.8) is 0 Å². The highest BCUT2D eigenvalue weighted by atomic mass is 16.3. The zero-order chi connectivity index (χ0) is 12.8. The van der Waals surface area contributed by atoms with Gasteiger partial charge in [0.05, 0.1) is 0 Å². The molecule has 1 heteroatoms. The van der Waals surface area contributed by atoms with Crippen LogP contribution in [0.15, 0.2) is 60.7 Å². The highest BCUT2D eigenvalue weighted by Gasteiger charge is 2.30. The van der Waals surface area contributed by atoms with Gasteiger partial charge in [0.25, 0.3) is 0 Å². The van der Waals surface area contributed by atoms with Gasteiger partial charge in [-0.25, -0.2) is 0 Å². The minimum Gasteiger partial charge on any atom is -0.380 e. The number of benzene rings is 2. The van der Waals surface area contributed by atoms with Gasteiger partial charge in [-0.3, -0.25) is 0 Å². The molecular formula is C17H20O. The average molecular weight is 240 g/mol. The molecule has 0 bridgehead atoms. The summed E-state index contributed by atoms with van der Waals surface area (Å²) >= 11 is 0. The first-order valence-electron chi connectivity index (χ1n) is 6.61. The van der Waals surface area contributed by atoms with Crippen LogP contribution in [0.2, 0.25) is 0 Å². The van der Waals surface area contributed by atoms with E-state index in [9.17, 15) is 5.11 Å². The van der Waals surface area contributed by atoms with E-state index in [1.54, 1.807) is 0 Å². The minimum atomic E-state index is -0.863. The summed E-state index contributed by atoms with van der Waals surface area (Å²) in [4.78, 5) is 0. The van der Waals surface area contributed by atoms with Crippen LogP contribution in [0.1, 0.15) is 37.3 Å². The summed E-state index contributed by atoms with van der Waals surface area (Å²) in [6.45, 7) is 2.15. The Bertz CT molecular complexity index is 422. The van der Waals surface area contributed by atoms with Crippen LogP contribution in [0.4, 0.5) is 0 Å². The van der Waals surface area contributed by atoms with Crippen molar-refractivity contribution in [1.29, 1.82) is 0 Å². The fourth-order valence-corrected chi connectivity index (χ4v) is 2.32. The Morgan fingerprint density at radius 3 is 1.67 bits per heavy atom. The van der Waals surface area contributed by atoms with Crippen molar-refractivity contribution < 1.29 is 5.11 Å². The Hall–Kier alpha value is -1.60. The molecule has 0 aliphatic carbocycles. The van der Waals surface area contributed by atoms with E-state index >= 15 is 0 Å². The van der Waals surface area contributed by atoms with E-state index in [4.69, 9.17) is 0 Å². The van der Waals surface area contributed by atoms with Crippen LogP contribution in [0.3, 0.4) is 0 Å². The van der Waals surface area contributed by atoms with Gasteiger partial charge < -0.3 is 5.11 Å². The van der Waals surface area contributed by atoms with Crippen molar-refractivity contribution in [2.75, 3.05) is 0 Å². The molecule has 0 aliphatic heterocycles. The summed E-state index contributed by atoms with van der Waals surface area (Å²) in [7, 11) is 0. The fraction of sp³-hybridized carbons (Fsp3) is 0.294. The quantitative estimate of drug-likeness (QED) is 0.833. The predicted octanol–water partition coefficient (Wildman–Crippen LogP) is 4.11. The van der Waals surface area contributed by atoms with Crippen LogP contribution < -0.4 is 0 Å². The standard InChI is InChI=1S/C17H20O/c1-2-3-14-17(18,15-10-6-4-7-11-15)16-12-8-5-9-13-16/h4-13,18H,2-3,14H2,1H3. The number of rotatable bonds is 5. The van der Waals surface area contributed by atoms with Crippen LogP contribution in [0, 0.1) is 0 Å². The molecule has 0 saturated heterocycles. The molecule has 0 atom stereocenters. The fourth-order valence-electron chi connectivity index (χ4n) is 2.32. The lowest BCUT2D eigenvalue weighted by Gasteiger charge is -2.29. The van der Waals surface area contributed by atoms with E-state index < -0.39 is 5.60 Å². The maximum atomic E-state index is 11.1. The van der Waals surface area contributed by atoms with E-state index in [1.165, 1.54) is 0 Å². The van der Waals surface area contributed by atoms with Crippen molar-refractivity contribution >= 4 is 0 Å². The molecule has 94 valence electrons. The van der Waals surface area contributed by atoms with Gasteiger partial charge in [-0.15, -0.1) is 0 Å². The Morgan fingerprint density at radius 1 is 0.833 bits per heavy atom. The van der Waals surface area contributed by atoms with Gasteiger partial charge in [0.2, 0.25) is 0 Å².